The van der Waals surface area contributed by atoms with Gasteiger partial charge in [0, 0.05) is 24.7 Å². The first-order chi connectivity index (χ1) is 9.85. The minimum absolute atomic E-state index is 0.601. The van der Waals surface area contributed by atoms with E-state index in [2.05, 4.69) is 15.2 Å². The molecule has 106 valence electrons. The number of hydrogen-bond donors (Lipinski definition) is 1. The lowest BCUT2D eigenvalue weighted by Gasteiger charge is -2.31. The van der Waals surface area contributed by atoms with Crippen LogP contribution < -0.4 is 5.32 Å². The lowest BCUT2D eigenvalue weighted by atomic mass is 10.1. The molecule has 0 aliphatic carbocycles. The number of rotatable bonds is 4. The van der Waals surface area contributed by atoms with E-state index < -0.39 is 0 Å². The predicted octanol–water partition coefficient (Wildman–Crippen LogP) is 2.53. The maximum absolute atomic E-state index is 5.59. The second-order valence-corrected chi connectivity index (χ2v) is 5.37. The normalized spacial score (nSPS) is 20.1. The summed E-state index contributed by atoms with van der Waals surface area (Å²) in [6, 6.07) is 10.6. The average molecular weight is 271 g/mol. The summed E-state index contributed by atoms with van der Waals surface area (Å²) in [6.07, 6.45) is 4.29. The first-order valence-corrected chi connectivity index (χ1v) is 7.24. The Bertz CT molecular complexity index is 538. The van der Waals surface area contributed by atoms with Crippen LogP contribution in [-0.2, 0) is 6.54 Å². The fraction of sp³-hybridized carbons (Fsp3) is 0.438. The number of oxazole rings is 1. The maximum atomic E-state index is 5.59. The summed E-state index contributed by atoms with van der Waals surface area (Å²) in [4.78, 5) is 7.04. The zero-order valence-corrected chi connectivity index (χ0v) is 11.9. The molecule has 1 N–H and O–H groups in total. The molecule has 1 aliphatic rings. The highest BCUT2D eigenvalue weighted by atomic mass is 16.3. The van der Waals surface area contributed by atoms with Gasteiger partial charge in [-0.3, -0.25) is 4.90 Å². The van der Waals surface area contributed by atoms with Gasteiger partial charge >= 0.3 is 0 Å². The van der Waals surface area contributed by atoms with Crippen molar-refractivity contribution in [2.45, 2.75) is 25.4 Å². The fourth-order valence-electron chi connectivity index (χ4n) is 2.76. The van der Waals surface area contributed by atoms with Crippen LogP contribution in [0.1, 0.15) is 18.5 Å². The monoisotopic (exact) mass is 271 g/mol. The molecule has 1 aliphatic heterocycles. The zero-order valence-electron chi connectivity index (χ0n) is 11.9. The molecule has 1 unspecified atom stereocenters. The minimum atomic E-state index is 0.601. The Balaban J connectivity index is 1.65. The Morgan fingerprint density at radius 2 is 2.20 bits per heavy atom. The van der Waals surface area contributed by atoms with Crippen molar-refractivity contribution in [1.29, 1.82) is 0 Å². The molecule has 3 rings (SSSR count). The SMILES string of the molecule is CNC1CCCN(Cc2coc(-c3ccccc3)n2)C1. The largest absolute Gasteiger partial charge is 0.444 e. The van der Waals surface area contributed by atoms with Crippen molar-refractivity contribution in [3.8, 4) is 11.5 Å². The van der Waals surface area contributed by atoms with Crippen molar-refractivity contribution in [2.75, 3.05) is 20.1 Å². The van der Waals surface area contributed by atoms with Crippen LogP contribution in [-0.4, -0.2) is 36.1 Å². The fourth-order valence-corrected chi connectivity index (χ4v) is 2.76. The molecular formula is C16H21N3O. The molecule has 2 heterocycles. The van der Waals surface area contributed by atoms with E-state index in [1.807, 2.05) is 37.4 Å². The van der Waals surface area contributed by atoms with Crippen LogP contribution in [0.3, 0.4) is 0 Å². The van der Waals surface area contributed by atoms with Crippen LogP contribution in [0.15, 0.2) is 41.0 Å². The summed E-state index contributed by atoms with van der Waals surface area (Å²) in [5, 5.41) is 3.37. The lowest BCUT2D eigenvalue weighted by Crippen LogP contribution is -2.43. The lowest BCUT2D eigenvalue weighted by molar-refractivity contribution is 0.186. The van der Waals surface area contributed by atoms with E-state index in [-0.39, 0.29) is 0 Å². The van der Waals surface area contributed by atoms with Gasteiger partial charge in [0.1, 0.15) is 6.26 Å². The van der Waals surface area contributed by atoms with Crippen LogP contribution in [0.2, 0.25) is 0 Å². The third kappa shape index (κ3) is 3.08. The van der Waals surface area contributed by atoms with Gasteiger partial charge in [0.25, 0.3) is 0 Å². The van der Waals surface area contributed by atoms with Crippen molar-refractivity contribution in [1.82, 2.24) is 15.2 Å². The second-order valence-electron chi connectivity index (χ2n) is 5.37. The van der Waals surface area contributed by atoms with E-state index in [1.54, 1.807) is 6.26 Å². The molecule has 4 nitrogen and oxygen atoms in total. The third-order valence-corrected chi connectivity index (χ3v) is 3.87. The second kappa shape index (κ2) is 6.20. The van der Waals surface area contributed by atoms with Crippen molar-refractivity contribution >= 4 is 0 Å². The van der Waals surface area contributed by atoms with Gasteiger partial charge < -0.3 is 9.73 Å². The molecule has 1 fully saturated rings. The van der Waals surface area contributed by atoms with E-state index in [0.717, 1.165) is 30.9 Å². The van der Waals surface area contributed by atoms with Crippen molar-refractivity contribution in [2.24, 2.45) is 0 Å². The van der Waals surface area contributed by atoms with E-state index in [9.17, 15) is 0 Å². The minimum Gasteiger partial charge on any atom is -0.444 e. The number of nitrogens with zero attached hydrogens (tertiary/aromatic N) is 2. The van der Waals surface area contributed by atoms with Crippen LogP contribution >= 0.6 is 0 Å². The first kappa shape index (κ1) is 13.3. The molecule has 1 aromatic heterocycles. The van der Waals surface area contributed by atoms with Crippen LogP contribution in [0.5, 0.6) is 0 Å². The Kier molecular flexibility index (Phi) is 4.14. The molecule has 1 aromatic carbocycles. The summed E-state index contributed by atoms with van der Waals surface area (Å²) in [5.74, 6) is 0.711. The van der Waals surface area contributed by atoms with Crippen molar-refractivity contribution in [3.05, 3.63) is 42.3 Å². The van der Waals surface area contributed by atoms with Crippen molar-refractivity contribution < 1.29 is 4.42 Å². The molecule has 4 heteroatoms. The molecule has 2 aromatic rings. The average Bonchev–Trinajstić information content (AvgIpc) is 2.97. The van der Waals surface area contributed by atoms with E-state index >= 15 is 0 Å². The van der Waals surface area contributed by atoms with Crippen LogP contribution in [0.4, 0.5) is 0 Å². The van der Waals surface area contributed by atoms with Gasteiger partial charge in [0.15, 0.2) is 0 Å². The Morgan fingerprint density at radius 1 is 1.35 bits per heavy atom. The topological polar surface area (TPSA) is 41.3 Å². The van der Waals surface area contributed by atoms with Gasteiger partial charge in [0.2, 0.25) is 5.89 Å². The number of likely N-dealkylation sites (tertiary alicyclic amines) is 1. The molecule has 0 radical (unpaired) electrons. The van der Waals surface area contributed by atoms with Gasteiger partial charge in [-0.2, -0.15) is 0 Å². The Hall–Kier alpha value is -1.65. The van der Waals surface area contributed by atoms with Gasteiger partial charge in [-0.05, 0) is 38.6 Å². The smallest absolute Gasteiger partial charge is 0.226 e. The highest BCUT2D eigenvalue weighted by Crippen LogP contribution is 2.19. The molecule has 0 amide bonds. The highest BCUT2D eigenvalue weighted by molar-refractivity contribution is 5.52. The number of piperidine rings is 1. The summed E-state index contributed by atoms with van der Waals surface area (Å²) < 4.78 is 5.59. The number of hydrogen-bond acceptors (Lipinski definition) is 4. The maximum Gasteiger partial charge on any atom is 0.226 e. The molecular weight excluding hydrogens is 250 g/mol. The quantitative estimate of drug-likeness (QED) is 0.928. The molecule has 20 heavy (non-hydrogen) atoms. The molecule has 0 bridgehead atoms. The van der Waals surface area contributed by atoms with E-state index in [1.165, 1.54) is 12.8 Å². The van der Waals surface area contributed by atoms with Gasteiger partial charge in [-0.1, -0.05) is 18.2 Å². The van der Waals surface area contributed by atoms with Gasteiger partial charge in [-0.25, -0.2) is 4.98 Å². The highest BCUT2D eigenvalue weighted by Gasteiger charge is 2.19. The molecule has 1 saturated heterocycles. The number of aromatic nitrogens is 1. The molecule has 1 atom stereocenters. The third-order valence-electron chi connectivity index (χ3n) is 3.87. The molecule has 0 spiro atoms. The summed E-state index contributed by atoms with van der Waals surface area (Å²) in [7, 11) is 2.04. The summed E-state index contributed by atoms with van der Waals surface area (Å²) in [5.41, 5.74) is 2.05. The standard InChI is InChI=1S/C16H21N3O/c1-17-14-8-5-9-19(10-14)11-15-12-20-16(18-15)13-6-3-2-4-7-13/h2-4,6-7,12,14,17H,5,8-11H2,1H3. The zero-order chi connectivity index (χ0) is 13.8. The van der Waals surface area contributed by atoms with Crippen LogP contribution in [0.25, 0.3) is 11.5 Å². The Labute approximate surface area is 119 Å². The molecule has 0 saturated carbocycles. The number of benzene rings is 1. The number of nitrogens with one attached hydrogen (secondary N) is 1. The number of likely N-dealkylation sites (N-methyl/N-ethyl adjacent to an activating group) is 1. The summed E-state index contributed by atoms with van der Waals surface area (Å²) >= 11 is 0. The Morgan fingerprint density at radius 3 is 3.00 bits per heavy atom. The predicted molar refractivity (Wildman–Crippen MR) is 79.3 cm³/mol. The van der Waals surface area contributed by atoms with E-state index in [4.69, 9.17) is 4.42 Å². The first-order valence-electron chi connectivity index (χ1n) is 7.24. The van der Waals surface area contributed by atoms with Gasteiger partial charge in [-0.15, -0.1) is 0 Å². The van der Waals surface area contributed by atoms with Crippen molar-refractivity contribution in [3.63, 3.8) is 0 Å². The van der Waals surface area contributed by atoms with Crippen LogP contribution in [0, 0.1) is 0 Å². The van der Waals surface area contributed by atoms with Gasteiger partial charge in [0.05, 0.1) is 5.69 Å². The van der Waals surface area contributed by atoms with E-state index in [0.29, 0.717) is 11.9 Å². The summed E-state index contributed by atoms with van der Waals surface area (Å²) in [6.45, 7) is 3.10.